The fraction of sp³-hybridized carbons (Fsp3) is 0.636. The van der Waals surface area contributed by atoms with Gasteiger partial charge in [0, 0.05) is 25.5 Å². The number of imidazole rings is 1. The first kappa shape index (κ1) is 9.84. The van der Waals surface area contributed by atoms with Crippen LogP contribution >= 0.6 is 0 Å². The number of rotatable bonds is 1. The average molecular weight is 220 g/mol. The van der Waals surface area contributed by atoms with Gasteiger partial charge in [0.1, 0.15) is 5.82 Å². The molecule has 1 amide bonds. The van der Waals surface area contributed by atoms with Crippen LogP contribution in [0.2, 0.25) is 0 Å². The third-order valence-corrected chi connectivity index (χ3v) is 3.41. The number of nitrogens with one attached hydrogen (secondary N) is 1. The van der Waals surface area contributed by atoms with Crippen molar-refractivity contribution in [3.63, 3.8) is 0 Å². The van der Waals surface area contributed by atoms with Gasteiger partial charge in [0.05, 0.1) is 12.6 Å². The molecule has 5 heteroatoms. The first-order chi connectivity index (χ1) is 7.84. The van der Waals surface area contributed by atoms with Crippen LogP contribution in [0.15, 0.2) is 12.4 Å². The molecule has 0 aliphatic carbocycles. The zero-order valence-corrected chi connectivity index (χ0v) is 9.22. The summed E-state index contributed by atoms with van der Waals surface area (Å²) in [5.74, 6) is 1.24. The zero-order chi connectivity index (χ0) is 11.0. The van der Waals surface area contributed by atoms with Crippen LogP contribution in [0.5, 0.6) is 0 Å². The van der Waals surface area contributed by atoms with Gasteiger partial charge in [-0.15, -0.1) is 0 Å². The Balaban J connectivity index is 1.71. The van der Waals surface area contributed by atoms with Crippen molar-refractivity contribution in [1.82, 2.24) is 19.8 Å². The lowest BCUT2D eigenvalue weighted by Crippen LogP contribution is -2.46. The van der Waals surface area contributed by atoms with Gasteiger partial charge in [0.25, 0.3) is 0 Å². The van der Waals surface area contributed by atoms with E-state index in [-0.39, 0.29) is 11.9 Å². The quantitative estimate of drug-likeness (QED) is 0.723. The van der Waals surface area contributed by atoms with E-state index in [1.54, 1.807) is 6.20 Å². The molecule has 2 aliphatic rings. The summed E-state index contributed by atoms with van der Waals surface area (Å²) in [6, 6.07) is 0.0431. The van der Waals surface area contributed by atoms with Crippen molar-refractivity contribution >= 4 is 5.91 Å². The molecule has 0 unspecified atom stereocenters. The van der Waals surface area contributed by atoms with Crippen LogP contribution in [-0.2, 0) is 17.9 Å². The van der Waals surface area contributed by atoms with Crippen molar-refractivity contribution in [1.29, 1.82) is 0 Å². The van der Waals surface area contributed by atoms with Crippen molar-refractivity contribution in [3.8, 4) is 0 Å². The fourth-order valence-corrected chi connectivity index (χ4v) is 2.48. The number of aromatic nitrogens is 2. The van der Waals surface area contributed by atoms with E-state index < -0.39 is 0 Å². The molecule has 86 valence electrons. The summed E-state index contributed by atoms with van der Waals surface area (Å²) in [5.41, 5.74) is 0. The second kappa shape index (κ2) is 3.90. The first-order valence-corrected chi connectivity index (χ1v) is 5.87. The zero-order valence-electron chi connectivity index (χ0n) is 9.22. The first-order valence-electron chi connectivity index (χ1n) is 5.87. The third-order valence-electron chi connectivity index (χ3n) is 3.41. The van der Waals surface area contributed by atoms with Gasteiger partial charge in [-0.2, -0.15) is 0 Å². The molecule has 3 rings (SSSR count). The molecule has 0 spiro atoms. The van der Waals surface area contributed by atoms with E-state index in [1.807, 2.05) is 11.1 Å². The molecule has 0 aromatic carbocycles. The van der Waals surface area contributed by atoms with Gasteiger partial charge in [-0.3, -0.25) is 4.79 Å². The van der Waals surface area contributed by atoms with Crippen LogP contribution in [0.3, 0.4) is 0 Å². The minimum atomic E-state index is 0.0431. The molecule has 5 nitrogen and oxygen atoms in total. The molecule has 16 heavy (non-hydrogen) atoms. The summed E-state index contributed by atoms with van der Waals surface area (Å²) < 4.78 is 2.12. The summed E-state index contributed by atoms with van der Waals surface area (Å²) in [4.78, 5) is 18.3. The number of carbonyl (C=O) groups excluding carboxylic acids is 1. The molecule has 1 aromatic heterocycles. The molecule has 0 saturated carbocycles. The fourth-order valence-electron chi connectivity index (χ4n) is 2.48. The second-order valence-corrected chi connectivity index (χ2v) is 4.45. The van der Waals surface area contributed by atoms with Gasteiger partial charge in [0.2, 0.25) is 5.91 Å². The Kier molecular flexibility index (Phi) is 2.40. The van der Waals surface area contributed by atoms with Crippen LogP contribution in [0.1, 0.15) is 18.7 Å². The lowest BCUT2D eigenvalue weighted by molar-refractivity contribution is -0.134. The van der Waals surface area contributed by atoms with Crippen LogP contribution in [-0.4, -0.2) is 39.5 Å². The number of nitrogens with zero attached hydrogens (tertiary/aromatic N) is 3. The normalized spacial score (nSPS) is 24.5. The Hall–Kier alpha value is -1.36. The highest BCUT2D eigenvalue weighted by Crippen LogP contribution is 2.14. The number of fused-ring (bicyclic) bond motifs is 1. The molecule has 3 heterocycles. The smallest absolute Gasteiger partial charge is 0.240 e. The standard InChI is InChI=1S/C11H16N4O/c16-11(9-2-1-3-12-9)15-7-6-14-5-4-13-10(14)8-15/h4-5,9,12H,1-3,6-8H2/t9-/m0/s1. The Morgan fingerprint density at radius 2 is 2.44 bits per heavy atom. The van der Waals surface area contributed by atoms with Crippen molar-refractivity contribution < 1.29 is 4.79 Å². The van der Waals surface area contributed by atoms with Crippen molar-refractivity contribution in [2.24, 2.45) is 0 Å². The van der Waals surface area contributed by atoms with Crippen LogP contribution < -0.4 is 5.32 Å². The molecular formula is C11H16N4O. The summed E-state index contributed by atoms with van der Waals surface area (Å²) in [5, 5.41) is 3.25. The Bertz CT molecular complexity index is 394. The van der Waals surface area contributed by atoms with Gasteiger partial charge in [-0.05, 0) is 19.4 Å². The maximum atomic E-state index is 12.2. The molecule has 0 bridgehead atoms. The maximum Gasteiger partial charge on any atom is 0.240 e. The van der Waals surface area contributed by atoms with Crippen molar-refractivity contribution in [3.05, 3.63) is 18.2 Å². The van der Waals surface area contributed by atoms with E-state index >= 15 is 0 Å². The highest BCUT2D eigenvalue weighted by molar-refractivity contribution is 5.82. The number of amides is 1. The topological polar surface area (TPSA) is 50.2 Å². The lowest BCUT2D eigenvalue weighted by atomic mass is 10.2. The Morgan fingerprint density at radius 1 is 1.50 bits per heavy atom. The average Bonchev–Trinajstić information content (AvgIpc) is 2.98. The molecule has 1 aromatic rings. The molecule has 1 atom stereocenters. The second-order valence-electron chi connectivity index (χ2n) is 4.45. The SMILES string of the molecule is O=C([C@@H]1CCCN1)N1CCn2ccnc2C1. The molecule has 1 N–H and O–H groups in total. The molecular weight excluding hydrogens is 204 g/mol. The van der Waals surface area contributed by atoms with Crippen LogP contribution in [0.25, 0.3) is 0 Å². The summed E-state index contributed by atoms with van der Waals surface area (Å²) in [7, 11) is 0. The predicted octanol–water partition coefficient (Wildman–Crippen LogP) is -0.0227. The van der Waals surface area contributed by atoms with E-state index in [1.165, 1.54) is 0 Å². The highest BCUT2D eigenvalue weighted by Gasteiger charge is 2.29. The van der Waals surface area contributed by atoms with Crippen molar-refractivity contribution in [2.75, 3.05) is 13.1 Å². The van der Waals surface area contributed by atoms with Gasteiger partial charge in [-0.1, -0.05) is 0 Å². The van der Waals surface area contributed by atoms with E-state index in [0.717, 1.165) is 38.3 Å². The van der Waals surface area contributed by atoms with Gasteiger partial charge in [0.15, 0.2) is 0 Å². The van der Waals surface area contributed by atoms with E-state index in [4.69, 9.17) is 0 Å². The van der Waals surface area contributed by atoms with E-state index in [9.17, 15) is 4.79 Å². The molecule has 2 aliphatic heterocycles. The molecule has 1 saturated heterocycles. The highest BCUT2D eigenvalue weighted by atomic mass is 16.2. The third kappa shape index (κ3) is 1.61. The Morgan fingerprint density at radius 3 is 3.25 bits per heavy atom. The van der Waals surface area contributed by atoms with Crippen molar-refractivity contribution in [2.45, 2.75) is 32.0 Å². The number of hydrogen-bond donors (Lipinski definition) is 1. The monoisotopic (exact) mass is 220 g/mol. The summed E-state index contributed by atoms with van der Waals surface area (Å²) in [6.45, 7) is 3.30. The minimum Gasteiger partial charge on any atom is -0.332 e. The lowest BCUT2D eigenvalue weighted by Gasteiger charge is -2.29. The number of carbonyl (C=O) groups is 1. The van der Waals surface area contributed by atoms with Crippen LogP contribution in [0, 0.1) is 0 Å². The number of hydrogen-bond acceptors (Lipinski definition) is 3. The van der Waals surface area contributed by atoms with E-state index in [0.29, 0.717) is 6.54 Å². The van der Waals surface area contributed by atoms with Gasteiger partial charge >= 0.3 is 0 Å². The van der Waals surface area contributed by atoms with E-state index in [2.05, 4.69) is 14.9 Å². The summed E-state index contributed by atoms with van der Waals surface area (Å²) in [6.07, 6.45) is 5.87. The minimum absolute atomic E-state index is 0.0431. The Labute approximate surface area is 94.4 Å². The van der Waals surface area contributed by atoms with Gasteiger partial charge in [-0.25, -0.2) is 4.98 Å². The molecule has 1 fully saturated rings. The summed E-state index contributed by atoms with van der Waals surface area (Å²) >= 11 is 0. The predicted molar refractivity (Wildman–Crippen MR) is 58.7 cm³/mol. The van der Waals surface area contributed by atoms with Gasteiger partial charge < -0.3 is 14.8 Å². The largest absolute Gasteiger partial charge is 0.332 e. The van der Waals surface area contributed by atoms with Crippen LogP contribution in [0.4, 0.5) is 0 Å². The molecule has 0 radical (unpaired) electrons. The maximum absolute atomic E-state index is 12.2.